The maximum Gasteiger partial charge on any atom is 0.319 e. The molecule has 3 N–H and O–H groups in total. The number of halogens is 3. The number of hydrogen-bond acceptors (Lipinski definition) is 2. The van der Waals surface area contributed by atoms with Gasteiger partial charge in [-0.25, -0.2) is 4.79 Å². The number of rotatable bonds is 6. The van der Waals surface area contributed by atoms with E-state index in [0.717, 1.165) is 6.42 Å². The second-order valence-corrected chi connectivity index (χ2v) is 5.63. The molecule has 1 aromatic carbocycles. The Morgan fingerprint density at radius 1 is 1.19 bits per heavy atom. The van der Waals surface area contributed by atoms with Crippen LogP contribution in [0.1, 0.15) is 19.8 Å². The van der Waals surface area contributed by atoms with Gasteiger partial charge >= 0.3 is 12.0 Å². The van der Waals surface area contributed by atoms with Gasteiger partial charge in [-0.2, -0.15) is 0 Å². The standard InChI is InChI=1S/C13H15Cl3N2O3/c1-2-3-7(12(19)20)6-17-13(21)18-11-5-9(15)8(14)4-10(11)16/h4-5,7H,2-3,6H2,1H3,(H,19,20)(H2,17,18,21). The number of hydrogen-bond donors (Lipinski definition) is 3. The lowest BCUT2D eigenvalue weighted by molar-refractivity contribution is -0.141. The SMILES string of the molecule is CCCC(CNC(=O)Nc1cc(Cl)c(Cl)cc1Cl)C(=O)O. The molecule has 0 saturated carbocycles. The molecule has 0 aliphatic heterocycles. The first-order chi connectivity index (χ1) is 9.85. The van der Waals surface area contributed by atoms with Crippen molar-refractivity contribution in [1.29, 1.82) is 0 Å². The minimum Gasteiger partial charge on any atom is -0.481 e. The van der Waals surface area contributed by atoms with E-state index in [-0.39, 0.29) is 21.6 Å². The fourth-order valence-corrected chi connectivity index (χ4v) is 2.26. The van der Waals surface area contributed by atoms with Crippen LogP contribution in [0.15, 0.2) is 12.1 Å². The number of carbonyl (C=O) groups excluding carboxylic acids is 1. The van der Waals surface area contributed by atoms with Crippen LogP contribution in [0.2, 0.25) is 15.1 Å². The summed E-state index contributed by atoms with van der Waals surface area (Å²) in [5, 5.41) is 14.8. The first-order valence-corrected chi connectivity index (χ1v) is 7.40. The summed E-state index contributed by atoms with van der Waals surface area (Å²) in [6.07, 6.45) is 1.21. The van der Waals surface area contributed by atoms with E-state index in [1.807, 2.05) is 6.92 Å². The van der Waals surface area contributed by atoms with Gasteiger partial charge in [-0.05, 0) is 18.6 Å². The van der Waals surface area contributed by atoms with Crippen molar-refractivity contribution < 1.29 is 14.7 Å². The van der Waals surface area contributed by atoms with Crippen LogP contribution in [-0.4, -0.2) is 23.7 Å². The van der Waals surface area contributed by atoms with Crippen molar-refractivity contribution in [2.24, 2.45) is 5.92 Å². The summed E-state index contributed by atoms with van der Waals surface area (Å²) in [6, 6.07) is 2.28. The number of carboxylic acid groups (broad SMARTS) is 1. The number of amides is 2. The molecule has 5 nitrogen and oxygen atoms in total. The Kier molecular flexibility index (Phi) is 7.08. The van der Waals surface area contributed by atoms with Gasteiger partial charge in [0.2, 0.25) is 0 Å². The molecule has 0 spiro atoms. The Bertz CT molecular complexity index is 538. The Morgan fingerprint density at radius 2 is 1.81 bits per heavy atom. The van der Waals surface area contributed by atoms with Gasteiger partial charge in [0.25, 0.3) is 0 Å². The molecule has 0 bridgehead atoms. The molecule has 21 heavy (non-hydrogen) atoms. The predicted octanol–water partition coefficient (Wildman–Crippen LogP) is 4.27. The largest absolute Gasteiger partial charge is 0.481 e. The van der Waals surface area contributed by atoms with Crippen LogP contribution < -0.4 is 10.6 Å². The number of urea groups is 1. The van der Waals surface area contributed by atoms with Crippen LogP contribution in [0.3, 0.4) is 0 Å². The van der Waals surface area contributed by atoms with Gasteiger partial charge in [-0.15, -0.1) is 0 Å². The van der Waals surface area contributed by atoms with Crippen molar-refractivity contribution >= 4 is 52.5 Å². The summed E-state index contributed by atoms with van der Waals surface area (Å²) in [6.45, 7) is 1.92. The smallest absolute Gasteiger partial charge is 0.319 e. The zero-order valence-corrected chi connectivity index (χ0v) is 13.5. The fraction of sp³-hybridized carbons (Fsp3) is 0.385. The summed E-state index contributed by atoms with van der Waals surface area (Å²) >= 11 is 17.6. The van der Waals surface area contributed by atoms with E-state index < -0.39 is 17.9 Å². The van der Waals surface area contributed by atoms with E-state index in [1.165, 1.54) is 12.1 Å². The fourth-order valence-electron chi connectivity index (χ4n) is 1.66. The van der Waals surface area contributed by atoms with Gasteiger partial charge < -0.3 is 15.7 Å². The first-order valence-electron chi connectivity index (χ1n) is 6.27. The van der Waals surface area contributed by atoms with E-state index in [2.05, 4.69) is 10.6 Å². The molecule has 2 amide bonds. The van der Waals surface area contributed by atoms with Crippen LogP contribution in [0, 0.1) is 5.92 Å². The molecule has 1 aromatic rings. The molecule has 116 valence electrons. The van der Waals surface area contributed by atoms with Crippen molar-refractivity contribution in [3.8, 4) is 0 Å². The molecule has 0 aliphatic carbocycles. The van der Waals surface area contributed by atoms with E-state index in [9.17, 15) is 9.59 Å². The molecule has 0 heterocycles. The average Bonchev–Trinajstić information content (AvgIpc) is 2.40. The zero-order chi connectivity index (χ0) is 16.0. The highest BCUT2D eigenvalue weighted by molar-refractivity contribution is 6.44. The monoisotopic (exact) mass is 352 g/mol. The summed E-state index contributed by atoms with van der Waals surface area (Å²) in [5.74, 6) is -1.56. The number of nitrogens with one attached hydrogen (secondary N) is 2. The van der Waals surface area contributed by atoms with Gasteiger partial charge in [-0.1, -0.05) is 48.1 Å². The molecular weight excluding hydrogens is 339 g/mol. The molecule has 1 rings (SSSR count). The maximum atomic E-state index is 11.7. The lowest BCUT2D eigenvalue weighted by atomic mass is 10.0. The third-order valence-electron chi connectivity index (χ3n) is 2.75. The lowest BCUT2D eigenvalue weighted by Crippen LogP contribution is -2.35. The highest BCUT2D eigenvalue weighted by Gasteiger charge is 2.17. The quantitative estimate of drug-likeness (QED) is 0.668. The Balaban J connectivity index is 2.62. The van der Waals surface area contributed by atoms with Crippen molar-refractivity contribution in [3.63, 3.8) is 0 Å². The van der Waals surface area contributed by atoms with Crippen LogP contribution in [0.25, 0.3) is 0 Å². The normalized spacial score (nSPS) is 11.8. The minimum absolute atomic E-state index is 0.0357. The summed E-state index contributed by atoms with van der Waals surface area (Å²) in [7, 11) is 0. The van der Waals surface area contributed by atoms with Crippen LogP contribution in [-0.2, 0) is 4.79 Å². The van der Waals surface area contributed by atoms with Crippen molar-refractivity contribution in [3.05, 3.63) is 27.2 Å². The number of benzene rings is 1. The number of carbonyl (C=O) groups is 2. The Morgan fingerprint density at radius 3 is 2.38 bits per heavy atom. The molecule has 0 fully saturated rings. The van der Waals surface area contributed by atoms with Gasteiger partial charge in [0.05, 0.1) is 26.7 Å². The Hall–Kier alpha value is -1.17. The van der Waals surface area contributed by atoms with Gasteiger partial charge in [-0.3, -0.25) is 4.79 Å². The van der Waals surface area contributed by atoms with E-state index >= 15 is 0 Å². The van der Waals surface area contributed by atoms with Crippen LogP contribution >= 0.6 is 34.8 Å². The number of aliphatic carboxylic acids is 1. The molecule has 1 atom stereocenters. The van der Waals surface area contributed by atoms with E-state index in [4.69, 9.17) is 39.9 Å². The summed E-state index contributed by atoms with van der Waals surface area (Å²) in [5.41, 5.74) is 0.297. The molecule has 1 unspecified atom stereocenters. The first kappa shape index (κ1) is 17.9. The maximum absolute atomic E-state index is 11.7. The van der Waals surface area contributed by atoms with Crippen LogP contribution in [0.5, 0.6) is 0 Å². The van der Waals surface area contributed by atoms with Gasteiger partial charge in [0.15, 0.2) is 0 Å². The Labute approximate surface area is 137 Å². The van der Waals surface area contributed by atoms with Crippen molar-refractivity contribution in [2.45, 2.75) is 19.8 Å². The van der Waals surface area contributed by atoms with Crippen molar-refractivity contribution in [1.82, 2.24) is 5.32 Å². The lowest BCUT2D eigenvalue weighted by Gasteiger charge is -2.14. The minimum atomic E-state index is -0.940. The highest BCUT2D eigenvalue weighted by atomic mass is 35.5. The number of anilines is 1. The molecule has 0 saturated heterocycles. The average molecular weight is 354 g/mol. The third kappa shape index (κ3) is 5.61. The van der Waals surface area contributed by atoms with Crippen molar-refractivity contribution in [2.75, 3.05) is 11.9 Å². The topological polar surface area (TPSA) is 78.4 Å². The predicted molar refractivity (Wildman–Crippen MR) is 84.5 cm³/mol. The van der Waals surface area contributed by atoms with E-state index in [1.54, 1.807) is 0 Å². The van der Waals surface area contributed by atoms with E-state index in [0.29, 0.717) is 12.1 Å². The number of carboxylic acids is 1. The second-order valence-electron chi connectivity index (χ2n) is 4.41. The third-order valence-corrected chi connectivity index (χ3v) is 3.79. The van der Waals surface area contributed by atoms with Gasteiger partial charge in [0.1, 0.15) is 0 Å². The summed E-state index contributed by atoms with van der Waals surface area (Å²) in [4.78, 5) is 22.7. The molecule has 0 aromatic heterocycles. The second kappa shape index (κ2) is 8.32. The molecular formula is C13H15Cl3N2O3. The highest BCUT2D eigenvalue weighted by Crippen LogP contribution is 2.32. The molecule has 8 heteroatoms. The van der Waals surface area contributed by atoms with Gasteiger partial charge in [0, 0.05) is 6.54 Å². The zero-order valence-electron chi connectivity index (χ0n) is 11.3. The van der Waals surface area contributed by atoms with Crippen LogP contribution in [0.4, 0.5) is 10.5 Å². The summed E-state index contributed by atoms with van der Waals surface area (Å²) < 4.78 is 0. The molecule has 0 radical (unpaired) electrons. The molecule has 0 aliphatic rings.